The molecule has 2 amide bonds. The first-order chi connectivity index (χ1) is 17.0. The molecule has 180 valence electrons. The van der Waals surface area contributed by atoms with E-state index in [1.807, 2.05) is 66.7 Å². The standard InChI is InChI=1S/C28H28N2O5/c1-2-24(27(32)33)29-26(31)25(16-18-10-4-3-5-11-18)30-28(34)35-17-23-21-14-8-6-12-19(21)20-13-7-9-15-22(20)23/h3-15,23-25H,2,16-17H2,1H3,(H,29,31)(H,30,34)(H,32,33). The zero-order valence-electron chi connectivity index (χ0n) is 19.4. The van der Waals surface area contributed by atoms with E-state index >= 15 is 0 Å². The number of hydrogen-bond acceptors (Lipinski definition) is 4. The maximum atomic E-state index is 12.9. The second-order valence-electron chi connectivity index (χ2n) is 8.52. The number of alkyl carbamates (subject to hydrolysis) is 1. The molecule has 0 saturated carbocycles. The van der Waals surface area contributed by atoms with E-state index in [9.17, 15) is 19.5 Å². The lowest BCUT2D eigenvalue weighted by Gasteiger charge is -2.21. The number of amides is 2. The topological polar surface area (TPSA) is 105 Å². The van der Waals surface area contributed by atoms with Gasteiger partial charge >= 0.3 is 12.1 Å². The molecule has 0 aromatic heterocycles. The van der Waals surface area contributed by atoms with E-state index in [2.05, 4.69) is 22.8 Å². The van der Waals surface area contributed by atoms with Crippen LogP contribution in [0.15, 0.2) is 78.9 Å². The molecule has 3 N–H and O–H groups in total. The van der Waals surface area contributed by atoms with Crippen LogP contribution in [-0.4, -0.2) is 41.8 Å². The van der Waals surface area contributed by atoms with Gasteiger partial charge in [-0.05, 0) is 34.2 Å². The largest absolute Gasteiger partial charge is 0.480 e. The predicted molar refractivity (Wildman–Crippen MR) is 132 cm³/mol. The van der Waals surface area contributed by atoms with E-state index in [4.69, 9.17) is 4.74 Å². The van der Waals surface area contributed by atoms with Gasteiger partial charge in [-0.2, -0.15) is 0 Å². The van der Waals surface area contributed by atoms with E-state index in [0.29, 0.717) is 0 Å². The van der Waals surface area contributed by atoms with Crippen LogP contribution >= 0.6 is 0 Å². The normalized spacial score (nSPS) is 13.7. The lowest BCUT2D eigenvalue weighted by Crippen LogP contribution is -2.52. The van der Waals surface area contributed by atoms with Crippen molar-refractivity contribution in [3.8, 4) is 11.1 Å². The summed E-state index contributed by atoms with van der Waals surface area (Å²) >= 11 is 0. The van der Waals surface area contributed by atoms with Gasteiger partial charge in [-0.15, -0.1) is 0 Å². The van der Waals surface area contributed by atoms with Crippen molar-refractivity contribution in [3.63, 3.8) is 0 Å². The summed E-state index contributed by atoms with van der Waals surface area (Å²) in [5.41, 5.74) is 5.25. The highest BCUT2D eigenvalue weighted by Gasteiger charge is 2.30. The highest BCUT2D eigenvalue weighted by Crippen LogP contribution is 2.44. The fourth-order valence-electron chi connectivity index (χ4n) is 4.45. The molecule has 1 aliphatic rings. The van der Waals surface area contributed by atoms with Gasteiger partial charge in [0, 0.05) is 12.3 Å². The molecule has 1 aliphatic carbocycles. The van der Waals surface area contributed by atoms with Crippen LogP contribution in [0.2, 0.25) is 0 Å². The Kier molecular flexibility index (Phi) is 7.45. The van der Waals surface area contributed by atoms with E-state index in [0.717, 1.165) is 27.8 Å². The fraction of sp³-hybridized carbons (Fsp3) is 0.250. The highest BCUT2D eigenvalue weighted by atomic mass is 16.5. The molecule has 3 aromatic rings. The molecular weight excluding hydrogens is 444 g/mol. The Morgan fingerprint density at radius 2 is 1.40 bits per heavy atom. The summed E-state index contributed by atoms with van der Waals surface area (Å²) < 4.78 is 5.59. The van der Waals surface area contributed by atoms with E-state index in [1.165, 1.54) is 0 Å². The van der Waals surface area contributed by atoms with Crippen LogP contribution < -0.4 is 10.6 Å². The minimum absolute atomic E-state index is 0.106. The minimum Gasteiger partial charge on any atom is -0.480 e. The molecule has 0 spiro atoms. The molecule has 7 heteroatoms. The molecule has 0 saturated heterocycles. The Morgan fingerprint density at radius 3 is 1.97 bits per heavy atom. The molecule has 7 nitrogen and oxygen atoms in total. The molecule has 0 radical (unpaired) electrons. The first kappa shape index (κ1) is 24.0. The maximum absolute atomic E-state index is 12.9. The number of carboxylic acid groups (broad SMARTS) is 1. The van der Waals surface area contributed by atoms with Gasteiger partial charge < -0.3 is 20.5 Å². The number of carbonyl (C=O) groups excluding carboxylic acids is 2. The SMILES string of the molecule is CCC(NC(=O)C(Cc1ccccc1)NC(=O)OCC1c2ccccc2-c2ccccc21)C(=O)O. The first-order valence-electron chi connectivity index (χ1n) is 11.7. The number of rotatable bonds is 9. The van der Waals surface area contributed by atoms with Crippen molar-refractivity contribution >= 4 is 18.0 Å². The Hall–Kier alpha value is -4.13. The molecular formula is C28H28N2O5. The van der Waals surface area contributed by atoms with Crippen molar-refractivity contribution in [3.05, 3.63) is 95.6 Å². The highest BCUT2D eigenvalue weighted by molar-refractivity contribution is 5.89. The Bertz CT molecular complexity index is 1170. The van der Waals surface area contributed by atoms with Crippen molar-refractivity contribution in [1.82, 2.24) is 10.6 Å². The van der Waals surface area contributed by atoms with Crippen LogP contribution in [0.1, 0.15) is 36.0 Å². The Balaban J connectivity index is 1.46. The maximum Gasteiger partial charge on any atom is 0.407 e. The number of nitrogens with one attached hydrogen (secondary N) is 2. The second-order valence-corrected chi connectivity index (χ2v) is 8.52. The van der Waals surface area contributed by atoms with Crippen molar-refractivity contribution in [2.45, 2.75) is 37.8 Å². The smallest absolute Gasteiger partial charge is 0.407 e. The third-order valence-corrected chi connectivity index (χ3v) is 6.26. The van der Waals surface area contributed by atoms with Gasteiger partial charge in [-0.1, -0.05) is 85.8 Å². The number of benzene rings is 3. The lowest BCUT2D eigenvalue weighted by atomic mass is 9.98. The summed E-state index contributed by atoms with van der Waals surface area (Å²) in [5, 5.41) is 14.5. The van der Waals surface area contributed by atoms with Gasteiger partial charge in [-0.3, -0.25) is 4.79 Å². The van der Waals surface area contributed by atoms with Gasteiger partial charge in [0.1, 0.15) is 18.7 Å². The molecule has 35 heavy (non-hydrogen) atoms. The van der Waals surface area contributed by atoms with Crippen LogP contribution in [0.4, 0.5) is 4.79 Å². The average molecular weight is 473 g/mol. The third-order valence-electron chi connectivity index (χ3n) is 6.26. The number of fused-ring (bicyclic) bond motifs is 3. The van der Waals surface area contributed by atoms with E-state index in [-0.39, 0.29) is 25.4 Å². The number of aliphatic carboxylic acids is 1. The fourth-order valence-corrected chi connectivity index (χ4v) is 4.45. The number of carboxylic acids is 1. The third kappa shape index (κ3) is 5.51. The number of ether oxygens (including phenoxy) is 1. The summed E-state index contributed by atoms with van der Waals surface area (Å²) in [6.07, 6.45) is -0.303. The van der Waals surface area contributed by atoms with Gasteiger partial charge in [0.15, 0.2) is 0 Å². The average Bonchev–Trinajstić information content (AvgIpc) is 3.19. The van der Waals surface area contributed by atoms with Crippen LogP contribution in [0.5, 0.6) is 0 Å². The molecule has 2 unspecified atom stereocenters. The Morgan fingerprint density at radius 1 is 0.829 bits per heavy atom. The first-order valence-corrected chi connectivity index (χ1v) is 11.7. The summed E-state index contributed by atoms with van der Waals surface area (Å²) in [6, 6.07) is 23.3. The second kappa shape index (κ2) is 10.9. The predicted octanol–water partition coefficient (Wildman–Crippen LogP) is 4.12. The minimum atomic E-state index is -1.12. The van der Waals surface area contributed by atoms with Crippen molar-refractivity contribution in [1.29, 1.82) is 0 Å². The van der Waals surface area contributed by atoms with Crippen LogP contribution in [-0.2, 0) is 20.7 Å². The molecule has 0 heterocycles. The molecule has 0 bridgehead atoms. The summed E-state index contributed by atoms with van der Waals surface area (Å²) in [5.74, 6) is -1.80. The quantitative estimate of drug-likeness (QED) is 0.435. The van der Waals surface area contributed by atoms with Crippen LogP contribution in [0.3, 0.4) is 0 Å². The summed E-state index contributed by atoms with van der Waals surface area (Å²) in [6.45, 7) is 1.79. The molecule has 4 rings (SSSR count). The molecule has 2 atom stereocenters. The summed E-state index contributed by atoms with van der Waals surface area (Å²) in [7, 11) is 0. The Labute approximate surface area is 204 Å². The monoisotopic (exact) mass is 472 g/mol. The van der Waals surface area contributed by atoms with Gasteiger partial charge in [0.2, 0.25) is 5.91 Å². The van der Waals surface area contributed by atoms with Crippen molar-refractivity contribution < 1.29 is 24.2 Å². The van der Waals surface area contributed by atoms with E-state index in [1.54, 1.807) is 6.92 Å². The van der Waals surface area contributed by atoms with Crippen molar-refractivity contribution in [2.75, 3.05) is 6.61 Å². The number of carbonyl (C=O) groups is 3. The molecule has 0 aliphatic heterocycles. The van der Waals surface area contributed by atoms with Gasteiger partial charge in [-0.25, -0.2) is 9.59 Å². The van der Waals surface area contributed by atoms with Crippen LogP contribution in [0.25, 0.3) is 11.1 Å². The number of hydrogen-bond donors (Lipinski definition) is 3. The lowest BCUT2D eigenvalue weighted by molar-refractivity contribution is -0.142. The van der Waals surface area contributed by atoms with Crippen molar-refractivity contribution in [2.24, 2.45) is 0 Å². The molecule has 3 aromatic carbocycles. The summed E-state index contributed by atoms with van der Waals surface area (Å²) in [4.78, 5) is 37.1. The van der Waals surface area contributed by atoms with E-state index < -0.39 is 30.1 Å². The van der Waals surface area contributed by atoms with Crippen LogP contribution in [0, 0.1) is 0 Å². The zero-order valence-corrected chi connectivity index (χ0v) is 19.4. The zero-order chi connectivity index (χ0) is 24.8. The van der Waals surface area contributed by atoms with Gasteiger partial charge in [0.05, 0.1) is 0 Å². The van der Waals surface area contributed by atoms with Gasteiger partial charge in [0.25, 0.3) is 0 Å². The molecule has 0 fully saturated rings.